The summed E-state index contributed by atoms with van der Waals surface area (Å²) >= 11 is 0. The number of aromatic nitrogens is 1. The van der Waals surface area contributed by atoms with Crippen molar-refractivity contribution in [2.45, 2.75) is 13.3 Å². The van der Waals surface area contributed by atoms with Crippen molar-refractivity contribution in [3.8, 4) is 16.9 Å². The summed E-state index contributed by atoms with van der Waals surface area (Å²) in [7, 11) is 0. The number of carbonyl (C=O) groups is 1. The van der Waals surface area contributed by atoms with Gasteiger partial charge in [0.2, 0.25) is 0 Å². The van der Waals surface area contributed by atoms with Gasteiger partial charge in [0.1, 0.15) is 17.1 Å². The van der Waals surface area contributed by atoms with E-state index >= 15 is 0 Å². The fourth-order valence-electron chi connectivity index (χ4n) is 1.85. The summed E-state index contributed by atoms with van der Waals surface area (Å²) in [5, 5.41) is 9.13. The van der Waals surface area contributed by atoms with Gasteiger partial charge in [0.05, 0.1) is 12.8 Å². The minimum Gasteiger partial charge on any atom is -0.492 e. The highest BCUT2D eigenvalue weighted by Gasteiger charge is 2.17. The number of carboxylic acids is 1. The van der Waals surface area contributed by atoms with Gasteiger partial charge in [-0.2, -0.15) is 0 Å². The number of carboxylic acid groups (broad SMARTS) is 1. The lowest BCUT2D eigenvalue weighted by atomic mass is 10.0. The number of hydrogen-bond donors (Lipinski definition) is 1. The molecule has 2 aromatic rings. The maximum Gasteiger partial charge on any atom is 0.339 e. The van der Waals surface area contributed by atoms with Crippen LogP contribution in [0.4, 0.5) is 4.39 Å². The van der Waals surface area contributed by atoms with E-state index in [2.05, 4.69) is 4.98 Å². The third-order valence-electron chi connectivity index (χ3n) is 2.72. The van der Waals surface area contributed by atoms with Crippen molar-refractivity contribution in [2.75, 3.05) is 6.61 Å². The molecule has 5 heteroatoms. The molecule has 0 spiro atoms. The second-order valence-corrected chi connectivity index (χ2v) is 4.23. The summed E-state index contributed by atoms with van der Waals surface area (Å²) in [6.07, 6.45) is 3.88. The van der Waals surface area contributed by atoms with Gasteiger partial charge in [0.15, 0.2) is 0 Å². The van der Waals surface area contributed by atoms with Gasteiger partial charge in [-0.05, 0) is 18.6 Å². The number of hydrogen-bond acceptors (Lipinski definition) is 3. The van der Waals surface area contributed by atoms with E-state index in [1.54, 1.807) is 18.3 Å². The van der Waals surface area contributed by atoms with Crippen molar-refractivity contribution >= 4 is 5.97 Å². The number of pyridine rings is 1. The van der Waals surface area contributed by atoms with E-state index < -0.39 is 11.8 Å². The molecular formula is C15H14FNO3. The Morgan fingerprint density at radius 3 is 2.90 bits per heavy atom. The summed E-state index contributed by atoms with van der Waals surface area (Å²) in [6, 6.07) is 5.80. The zero-order valence-corrected chi connectivity index (χ0v) is 11.0. The number of ether oxygens (including phenoxy) is 1. The molecule has 1 N–H and O–H groups in total. The molecule has 1 aromatic carbocycles. The molecule has 0 aliphatic rings. The average molecular weight is 275 g/mol. The molecular weight excluding hydrogens is 261 g/mol. The molecule has 20 heavy (non-hydrogen) atoms. The number of nitrogens with zero attached hydrogens (tertiary/aromatic N) is 1. The van der Waals surface area contributed by atoms with Gasteiger partial charge < -0.3 is 9.84 Å². The van der Waals surface area contributed by atoms with E-state index in [0.29, 0.717) is 17.9 Å². The lowest BCUT2D eigenvalue weighted by Gasteiger charge is -2.09. The largest absolute Gasteiger partial charge is 0.492 e. The van der Waals surface area contributed by atoms with Crippen LogP contribution >= 0.6 is 0 Å². The van der Waals surface area contributed by atoms with Crippen molar-refractivity contribution in [3.63, 3.8) is 0 Å². The summed E-state index contributed by atoms with van der Waals surface area (Å²) < 4.78 is 19.1. The third-order valence-corrected chi connectivity index (χ3v) is 2.72. The Morgan fingerprint density at radius 2 is 2.20 bits per heavy atom. The molecule has 1 heterocycles. The van der Waals surface area contributed by atoms with Gasteiger partial charge in [0.25, 0.3) is 0 Å². The molecule has 1 aromatic heterocycles. The summed E-state index contributed by atoms with van der Waals surface area (Å²) in [5.74, 6) is -1.54. The highest BCUT2D eigenvalue weighted by atomic mass is 19.1. The lowest BCUT2D eigenvalue weighted by molar-refractivity contribution is 0.0693. The molecule has 0 aliphatic carbocycles. The van der Waals surface area contributed by atoms with E-state index in [1.807, 2.05) is 6.92 Å². The Labute approximate surface area is 115 Å². The van der Waals surface area contributed by atoms with Crippen molar-refractivity contribution < 1.29 is 19.0 Å². The minimum absolute atomic E-state index is 0.284. The van der Waals surface area contributed by atoms with Crippen molar-refractivity contribution in [1.29, 1.82) is 0 Å². The molecule has 0 unspecified atom stereocenters. The SMILES string of the molecule is CCCOc1cncc(-c2cccc(F)c2C(=O)O)c1. The van der Waals surface area contributed by atoms with Crippen LogP contribution in [-0.2, 0) is 0 Å². The topological polar surface area (TPSA) is 59.4 Å². The molecule has 0 bridgehead atoms. The third kappa shape index (κ3) is 2.93. The second kappa shape index (κ2) is 6.14. The summed E-state index contributed by atoms with van der Waals surface area (Å²) in [4.78, 5) is 15.2. The number of benzene rings is 1. The normalized spacial score (nSPS) is 10.3. The second-order valence-electron chi connectivity index (χ2n) is 4.23. The minimum atomic E-state index is -1.31. The Balaban J connectivity index is 2.46. The maximum absolute atomic E-state index is 13.7. The number of aromatic carboxylic acids is 1. The Kier molecular flexibility index (Phi) is 4.30. The van der Waals surface area contributed by atoms with Crippen LogP contribution in [-0.4, -0.2) is 22.7 Å². The van der Waals surface area contributed by atoms with Gasteiger partial charge >= 0.3 is 5.97 Å². The zero-order valence-electron chi connectivity index (χ0n) is 11.0. The van der Waals surface area contributed by atoms with Crippen LogP contribution in [0.25, 0.3) is 11.1 Å². The van der Waals surface area contributed by atoms with Crippen molar-refractivity contribution in [3.05, 3.63) is 48.0 Å². The first-order valence-corrected chi connectivity index (χ1v) is 6.23. The van der Waals surface area contributed by atoms with Gasteiger partial charge in [0, 0.05) is 17.3 Å². The molecule has 0 atom stereocenters. The molecule has 0 saturated heterocycles. The van der Waals surface area contributed by atoms with Gasteiger partial charge in [-0.15, -0.1) is 0 Å². The van der Waals surface area contributed by atoms with Crippen LogP contribution in [0.1, 0.15) is 23.7 Å². The van der Waals surface area contributed by atoms with Crippen LogP contribution in [0.5, 0.6) is 5.75 Å². The van der Waals surface area contributed by atoms with Gasteiger partial charge in [-0.3, -0.25) is 4.98 Å². The zero-order chi connectivity index (χ0) is 14.5. The fraction of sp³-hybridized carbons (Fsp3) is 0.200. The molecule has 0 fully saturated rings. The Hall–Kier alpha value is -2.43. The van der Waals surface area contributed by atoms with Crippen LogP contribution in [0.3, 0.4) is 0 Å². The lowest BCUT2D eigenvalue weighted by Crippen LogP contribution is -2.03. The van der Waals surface area contributed by atoms with Crippen molar-refractivity contribution in [1.82, 2.24) is 4.98 Å². The predicted molar refractivity (Wildman–Crippen MR) is 72.4 cm³/mol. The first-order chi connectivity index (χ1) is 9.63. The van der Waals surface area contributed by atoms with E-state index in [-0.39, 0.29) is 11.1 Å². The Bertz CT molecular complexity index is 628. The average Bonchev–Trinajstić information content (AvgIpc) is 2.44. The first kappa shape index (κ1) is 14.0. The highest BCUT2D eigenvalue weighted by molar-refractivity contribution is 5.96. The standard InChI is InChI=1S/C15H14FNO3/c1-2-6-20-11-7-10(8-17-9-11)12-4-3-5-13(16)14(12)15(18)19/h3-5,7-9H,2,6H2,1H3,(H,18,19). The number of rotatable bonds is 5. The van der Waals surface area contributed by atoms with Crippen LogP contribution < -0.4 is 4.74 Å². The number of halogens is 1. The molecule has 4 nitrogen and oxygen atoms in total. The molecule has 2 rings (SSSR count). The Morgan fingerprint density at radius 1 is 1.40 bits per heavy atom. The van der Waals surface area contributed by atoms with Gasteiger partial charge in [-0.25, -0.2) is 9.18 Å². The van der Waals surface area contributed by atoms with Crippen LogP contribution in [0.2, 0.25) is 0 Å². The molecule has 0 aliphatic heterocycles. The van der Waals surface area contributed by atoms with E-state index in [1.165, 1.54) is 12.3 Å². The monoisotopic (exact) mass is 275 g/mol. The molecule has 0 saturated carbocycles. The van der Waals surface area contributed by atoms with Gasteiger partial charge in [-0.1, -0.05) is 19.1 Å². The van der Waals surface area contributed by atoms with E-state index in [0.717, 1.165) is 12.5 Å². The maximum atomic E-state index is 13.7. The van der Waals surface area contributed by atoms with E-state index in [4.69, 9.17) is 9.84 Å². The molecule has 104 valence electrons. The highest BCUT2D eigenvalue weighted by Crippen LogP contribution is 2.27. The van der Waals surface area contributed by atoms with E-state index in [9.17, 15) is 9.18 Å². The predicted octanol–water partition coefficient (Wildman–Crippen LogP) is 3.37. The summed E-state index contributed by atoms with van der Waals surface area (Å²) in [5.41, 5.74) is 0.435. The van der Waals surface area contributed by atoms with Crippen molar-refractivity contribution in [2.24, 2.45) is 0 Å². The quantitative estimate of drug-likeness (QED) is 0.908. The van der Waals surface area contributed by atoms with Crippen LogP contribution in [0.15, 0.2) is 36.7 Å². The molecule has 0 amide bonds. The smallest absolute Gasteiger partial charge is 0.339 e. The first-order valence-electron chi connectivity index (χ1n) is 6.23. The van der Waals surface area contributed by atoms with Crippen LogP contribution in [0, 0.1) is 5.82 Å². The molecule has 0 radical (unpaired) electrons. The summed E-state index contributed by atoms with van der Waals surface area (Å²) in [6.45, 7) is 2.52. The fourth-order valence-corrected chi connectivity index (χ4v) is 1.85.